The second-order valence-corrected chi connectivity index (χ2v) is 6.32. The molecule has 1 aromatic rings. The molecule has 4 heteroatoms. The summed E-state index contributed by atoms with van der Waals surface area (Å²) in [6.45, 7) is 9.95. The summed E-state index contributed by atoms with van der Waals surface area (Å²) in [6, 6.07) is 6.48. The Balaban J connectivity index is 1.57. The molecule has 2 aliphatic rings. The maximum atomic E-state index is 12.2. The van der Waals surface area contributed by atoms with Crippen molar-refractivity contribution in [2.24, 2.45) is 5.92 Å². The van der Waals surface area contributed by atoms with E-state index in [-0.39, 0.29) is 0 Å². The van der Waals surface area contributed by atoms with E-state index >= 15 is 0 Å². The first kappa shape index (κ1) is 14.4. The van der Waals surface area contributed by atoms with E-state index in [0.717, 1.165) is 45.7 Å². The number of hydrogen-bond acceptors (Lipinski definition) is 3. The van der Waals surface area contributed by atoms with Gasteiger partial charge in [-0.1, -0.05) is 12.1 Å². The minimum absolute atomic E-state index is 0.335. The van der Waals surface area contributed by atoms with Gasteiger partial charge in [0.05, 0.1) is 0 Å². The molecule has 1 aromatic carbocycles. The van der Waals surface area contributed by atoms with E-state index in [1.807, 2.05) is 4.90 Å². The summed E-state index contributed by atoms with van der Waals surface area (Å²) in [4.78, 5) is 16.7. The lowest BCUT2D eigenvalue weighted by molar-refractivity contribution is -0.132. The molecule has 1 N–H and O–H groups in total. The van der Waals surface area contributed by atoms with Gasteiger partial charge in [-0.2, -0.15) is 0 Å². The van der Waals surface area contributed by atoms with E-state index in [1.165, 1.54) is 16.8 Å². The van der Waals surface area contributed by atoms with Crippen molar-refractivity contribution in [1.82, 2.24) is 10.2 Å². The molecular formula is C17H25N3O. The molecule has 4 nitrogen and oxygen atoms in total. The molecule has 21 heavy (non-hydrogen) atoms. The molecule has 0 aliphatic carbocycles. The van der Waals surface area contributed by atoms with Crippen molar-refractivity contribution in [2.75, 3.05) is 44.2 Å². The third-order valence-electron chi connectivity index (χ3n) is 4.88. The summed E-state index contributed by atoms with van der Waals surface area (Å²) < 4.78 is 0. The molecular weight excluding hydrogens is 262 g/mol. The Morgan fingerprint density at radius 1 is 1.19 bits per heavy atom. The number of nitrogens with zero attached hydrogens (tertiary/aromatic N) is 2. The standard InChI is InChI=1S/C17H25N3O/c1-13-4-3-5-16(14(13)2)19-6-8-20(9-7-19)17(21)10-15-11-18-12-15/h3-5,15,18H,6-12H2,1-2H3. The van der Waals surface area contributed by atoms with Gasteiger partial charge >= 0.3 is 0 Å². The largest absolute Gasteiger partial charge is 0.368 e. The highest BCUT2D eigenvalue weighted by Crippen LogP contribution is 2.24. The van der Waals surface area contributed by atoms with E-state index in [0.29, 0.717) is 11.8 Å². The van der Waals surface area contributed by atoms with Crippen LogP contribution in [0.15, 0.2) is 18.2 Å². The van der Waals surface area contributed by atoms with E-state index in [9.17, 15) is 4.79 Å². The number of hydrogen-bond donors (Lipinski definition) is 1. The molecule has 1 amide bonds. The molecule has 0 aromatic heterocycles. The summed E-state index contributed by atoms with van der Waals surface area (Å²) in [6.07, 6.45) is 0.719. The van der Waals surface area contributed by atoms with Gasteiger partial charge in [-0.25, -0.2) is 0 Å². The number of nitrogens with one attached hydrogen (secondary N) is 1. The average Bonchev–Trinajstić information content (AvgIpc) is 2.46. The lowest BCUT2D eigenvalue weighted by Gasteiger charge is -2.38. The average molecular weight is 287 g/mol. The highest BCUT2D eigenvalue weighted by molar-refractivity contribution is 5.77. The summed E-state index contributed by atoms with van der Waals surface area (Å²) in [5.74, 6) is 0.900. The van der Waals surface area contributed by atoms with Crippen LogP contribution in [-0.4, -0.2) is 50.1 Å². The van der Waals surface area contributed by atoms with Crippen molar-refractivity contribution < 1.29 is 4.79 Å². The normalized spacial score (nSPS) is 19.5. The highest BCUT2D eigenvalue weighted by Gasteiger charge is 2.26. The van der Waals surface area contributed by atoms with Gasteiger partial charge in [0.2, 0.25) is 5.91 Å². The number of carbonyl (C=O) groups is 1. The SMILES string of the molecule is Cc1cccc(N2CCN(C(=O)CC3CNC3)CC2)c1C. The highest BCUT2D eigenvalue weighted by atomic mass is 16.2. The molecule has 114 valence electrons. The molecule has 0 atom stereocenters. The molecule has 0 spiro atoms. The van der Waals surface area contributed by atoms with E-state index in [4.69, 9.17) is 0 Å². The number of rotatable bonds is 3. The maximum Gasteiger partial charge on any atom is 0.223 e. The van der Waals surface area contributed by atoms with Gasteiger partial charge in [0.1, 0.15) is 0 Å². The van der Waals surface area contributed by atoms with Crippen molar-refractivity contribution >= 4 is 11.6 Å². The van der Waals surface area contributed by atoms with Crippen LogP contribution in [0.25, 0.3) is 0 Å². The first-order chi connectivity index (χ1) is 10.1. The number of anilines is 1. The first-order valence-corrected chi connectivity index (χ1v) is 7.95. The molecule has 2 heterocycles. The van der Waals surface area contributed by atoms with Crippen molar-refractivity contribution in [2.45, 2.75) is 20.3 Å². The summed E-state index contributed by atoms with van der Waals surface area (Å²) in [7, 11) is 0. The fourth-order valence-electron chi connectivity index (χ4n) is 3.14. The van der Waals surface area contributed by atoms with Crippen LogP contribution in [0.1, 0.15) is 17.5 Å². The Labute approximate surface area is 127 Å². The Morgan fingerprint density at radius 2 is 1.90 bits per heavy atom. The molecule has 0 saturated carbocycles. The Hall–Kier alpha value is -1.55. The molecule has 0 radical (unpaired) electrons. The summed E-state index contributed by atoms with van der Waals surface area (Å²) in [5.41, 5.74) is 4.02. The summed E-state index contributed by atoms with van der Waals surface area (Å²) >= 11 is 0. The molecule has 3 rings (SSSR count). The van der Waals surface area contributed by atoms with Gasteiger partial charge in [0.15, 0.2) is 0 Å². The Bertz CT molecular complexity index is 517. The topological polar surface area (TPSA) is 35.6 Å². The number of aryl methyl sites for hydroxylation is 1. The minimum Gasteiger partial charge on any atom is -0.368 e. The fourth-order valence-corrected chi connectivity index (χ4v) is 3.14. The van der Waals surface area contributed by atoms with E-state index < -0.39 is 0 Å². The zero-order valence-corrected chi connectivity index (χ0v) is 13.1. The molecule has 0 unspecified atom stereocenters. The van der Waals surface area contributed by atoms with Gasteiger partial charge in [0.25, 0.3) is 0 Å². The van der Waals surface area contributed by atoms with Crippen molar-refractivity contribution in [3.05, 3.63) is 29.3 Å². The second-order valence-electron chi connectivity index (χ2n) is 6.32. The maximum absolute atomic E-state index is 12.2. The monoisotopic (exact) mass is 287 g/mol. The first-order valence-electron chi connectivity index (χ1n) is 7.95. The number of benzene rings is 1. The minimum atomic E-state index is 0.335. The fraction of sp³-hybridized carbons (Fsp3) is 0.588. The molecule has 0 bridgehead atoms. The lowest BCUT2D eigenvalue weighted by atomic mass is 9.98. The van der Waals surface area contributed by atoms with Crippen LogP contribution >= 0.6 is 0 Å². The van der Waals surface area contributed by atoms with Crippen LogP contribution in [0.2, 0.25) is 0 Å². The van der Waals surface area contributed by atoms with Crippen LogP contribution in [0.5, 0.6) is 0 Å². The van der Waals surface area contributed by atoms with Crippen molar-refractivity contribution in [3.8, 4) is 0 Å². The van der Waals surface area contributed by atoms with Crippen LogP contribution in [-0.2, 0) is 4.79 Å². The lowest BCUT2D eigenvalue weighted by Crippen LogP contribution is -2.51. The van der Waals surface area contributed by atoms with E-state index in [2.05, 4.69) is 42.3 Å². The Kier molecular flexibility index (Phi) is 4.15. The predicted octanol–water partition coefficient (Wildman–Crippen LogP) is 1.56. The number of amides is 1. The quantitative estimate of drug-likeness (QED) is 0.916. The second kappa shape index (κ2) is 6.06. The van der Waals surface area contributed by atoms with Gasteiger partial charge in [-0.15, -0.1) is 0 Å². The van der Waals surface area contributed by atoms with Gasteiger partial charge < -0.3 is 15.1 Å². The molecule has 2 fully saturated rings. The van der Waals surface area contributed by atoms with Gasteiger partial charge in [-0.05, 0) is 50.0 Å². The number of piperazine rings is 1. The smallest absolute Gasteiger partial charge is 0.223 e. The third kappa shape index (κ3) is 3.05. The van der Waals surface area contributed by atoms with Crippen LogP contribution < -0.4 is 10.2 Å². The van der Waals surface area contributed by atoms with Gasteiger partial charge in [-0.3, -0.25) is 4.79 Å². The third-order valence-corrected chi connectivity index (χ3v) is 4.88. The zero-order chi connectivity index (χ0) is 14.8. The van der Waals surface area contributed by atoms with Crippen LogP contribution in [0.3, 0.4) is 0 Å². The van der Waals surface area contributed by atoms with Crippen LogP contribution in [0.4, 0.5) is 5.69 Å². The van der Waals surface area contributed by atoms with Crippen molar-refractivity contribution in [1.29, 1.82) is 0 Å². The Morgan fingerprint density at radius 3 is 2.52 bits per heavy atom. The van der Waals surface area contributed by atoms with E-state index in [1.54, 1.807) is 0 Å². The molecule has 2 aliphatic heterocycles. The molecule has 2 saturated heterocycles. The number of carbonyl (C=O) groups excluding carboxylic acids is 1. The van der Waals surface area contributed by atoms with Crippen molar-refractivity contribution in [3.63, 3.8) is 0 Å². The zero-order valence-electron chi connectivity index (χ0n) is 13.1. The van der Waals surface area contributed by atoms with Crippen LogP contribution in [0, 0.1) is 19.8 Å². The van der Waals surface area contributed by atoms with Gasteiger partial charge in [0, 0.05) is 38.3 Å². The summed E-state index contributed by atoms with van der Waals surface area (Å²) in [5, 5.41) is 3.23. The predicted molar refractivity (Wildman–Crippen MR) is 85.7 cm³/mol.